The number of hydrogen-bond acceptors (Lipinski definition) is 4. The van der Waals surface area contributed by atoms with E-state index in [9.17, 15) is 14.4 Å². The first-order chi connectivity index (χ1) is 14.0. The third kappa shape index (κ3) is 3.65. The van der Waals surface area contributed by atoms with Gasteiger partial charge in [-0.15, -0.1) is 0 Å². The van der Waals surface area contributed by atoms with E-state index in [-0.39, 0.29) is 29.8 Å². The number of carbonyl (C=O) groups is 3. The highest BCUT2D eigenvalue weighted by Crippen LogP contribution is 2.26. The number of nitrogens with zero attached hydrogens (tertiary/aromatic N) is 3. The zero-order chi connectivity index (χ0) is 20.4. The Morgan fingerprint density at radius 2 is 1.59 bits per heavy atom. The Hall–Kier alpha value is -3.80. The molecule has 0 spiro atoms. The minimum absolute atomic E-state index is 0.207. The predicted octanol–water partition coefficient (Wildman–Crippen LogP) is 3.15. The summed E-state index contributed by atoms with van der Waals surface area (Å²) in [6.07, 6.45) is 3.35. The van der Waals surface area contributed by atoms with Crippen molar-refractivity contribution >= 4 is 17.7 Å². The van der Waals surface area contributed by atoms with Crippen molar-refractivity contribution in [3.63, 3.8) is 0 Å². The lowest BCUT2D eigenvalue weighted by Gasteiger charge is -2.17. The highest BCUT2D eigenvalue weighted by Gasteiger charge is 2.36. The molecule has 0 bridgehead atoms. The summed E-state index contributed by atoms with van der Waals surface area (Å²) in [5.74, 6) is -0.926. The molecule has 29 heavy (non-hydrogen) atoms. The second-order valence-electron chi connectivity index (χ2n) is 6.96. The molecule has 0 atom stereocenters. The first-order valence-corrected chi connectivity index (χ1v) is 9.23. The number of rotatable bonds is 5. The third-order valence-electron chi connectivity index (χ3n) is 4.92. The van der Waals surface area contributed by atoms with Crippen molar-refractivity contribution < 1.29 is 14.4 Å². The fourth-order valence-electron chi connectivity index (χ4n) is 3.39. The number of fused-ring (bicyclic) bond motifs is 1. The van der Waals surface area contributed by atoms with Crippen molar-refractivity contribution in [2.24, 2.45) is 0 Å². The Kier molecular flexibility index (Phi) is 4.91. The van der Waals surface area contributed by atoms with Gasteiger partial charge < -0.3 is 4.90 Å². The van der Waals surface area contributed by atoms with Crippen LogP contribution in [0.25, 0.3) is 0 Å². The molecule has 3 aromatic rings. The van der Waals surface area contributed by atoms with Gasteiger partial charge in [-0.05, 0) is 41.5 Å². The Labute approximate surface area is 168 Å². The van der Waals surface area contributed by atoms with Gasteiger partial charge in [-0.25, -0.2) is 0 Å². The van der Waals surface area contributed by atoms with E-state index >= 15 is 0 Å². The minimum Gasteiger partial charge on any atom is -0.337 e. The monoisotopic (exact) mass is 385 g/mol. The largest absolute Gasteiger partial charge is 0.337 e. The van der Waals surface area contributed by atoms with E-state index in [0.717, 1.165) is 11.1 Å². The molecule has 144 valence electrons. The number of benzene rings is 2. The van der Waals surface area contributed by atoms with E-state index in [0.29, 0.717) is 17.7 Å². The molecule has 6 nitrogen and oxygen atoms in total. The van der Waals surface area contributed by atoms with Crippen molar-refractivity contribution in [1.29, 1.82) is 0 Å². The maximum Gasteiger partial charge on any atom is 0.261 e. The summed E-state index contributed by atoms with van der Waals surface area (Å²) in [7, 11) is 1.70. The maximum atomic E-state index is 12.8. The second kappa shape index (κ2) is 7.67. The highest BCUT2D eigenvalue weighted by molar-refractivity contribution is 6.22. The molecular formula is C23H19N3O3. The number of hydrogen-bond donors (Lipinski definition) is 0. The Morgan fingerprint density at radius 1 is 0.897 bits per heavy atom. The Balaban J connectivity index is 1.54. The molecule has 0 saturated heterocycles. The van der Waals surface area contributed by atoms with E-state index in [1.807, 2.05) is 42.5 Å². The number of imide groups is 1. The molecule has 6 heteroatoms. The molecule has 0 unspecified atom stereocenters. The van der Waals surface area contributed by atoms with E-state index < -0.39 is 0 Å². The van der Waals surface area contributed by atoms with Crippen LogP contribution in [0.3, 0.4) is 0 Å². The molecule has 2 heterocycles. The molecular weight excluding hydrogens is 366 g/mol. The van der Waals surface area contributed by atoms with Gasteiger partial charge in [0.2, 0.25) is 0 Å². The maximum absolute atomic E-state index is 12.8. The zero-order valence-corrected chi connectivity index (χ0v) is 15.9. The first-order valence-electron chi connectivity index (χ1n) is 9.23. The van der Waals surface area contributed by atoms with Crippen LogP contribution in [0, 0.1) is 0 Å². The summed E-state index contributed by atoms with van der Waals surface area (Å²) in [4.78, 5) is 45.1. The number of amides is 3. The summed E-state index contributed by atoms with van der Waals surface area (Å²) in [6, 6.07) is 17.7. The first kappa shape index (κ1) is 18.6. The van der Waals surface area contributed by atoms with E-state index in [1.165, 1.54) is 11.0 Å². The minimum atomic E-state index is -0.375. The summed E-state index contributed by atoms with van der Waals surface area (Å²) in [6.45, 7) is 0.629. The number of pyridine rings is 1. The van der Waals surface area contributed by atoms with Crippen LogP contribution in [-0.2, 0) is 13.1 Å². The van der Waals surface area contributed by atoms with Crippen LogP contribution in [0.2, 0.25) is 0 Å². The van der Waals surface area contributed by atoms with Crippen molar-refractivity contribution in [3.05, 3.63) is 101 Å². The van der Waals surface area contributed by atoms with Gasteiger partial charge in [-0.2, -0.15) is 0 Å². The SMILES string of the molecule is CN(Cc1ccncc1)C(=O)c1ccc2c(c1)C(=O)N(Cc1ccccc1)C2=O. The highest BCUT2D eigenvalue weighted by atomic mass is 16.2. The van der Waals surface area contributed by atoms with Crippen LogP contribution in [0.5, 0.6) is 0 Å². The molecule has 1 aliphatic heterocycles. The number of carbonyl (C=O) groups excluding carboxylic acids is 3. The summed E-state index contributed by atoms with van der Waals surface area (Å²) in [5.41, 5.74) is 2.81. The van der Waals surface area contributed by atoms with Crippen molar-refractivity contribution in [1.82, 2.24) is 14.8 Å². The Morgan fingerprint density at radius 3 is 2.31 bits per heavy atom. The van der Waals surface area contributed by atoms with Crippen LogP contribution < -0.4 is 0 Å². The van der Waals surface area contributed by atoms with Crippen LogP contribution in [0.15, 0.2) is 73.1 Å². The molecule has 4 rings (SSSR count). The van der Waals surface area contributed by atoms with Gasteiger partial charge in [-0.1, -0.05) is 30.3 Å². The normalized spacial score (nSPS) is 12.8. The van der Waals surface area contributed by atoms with Gasteiger partial charge in [0.05, 0.1) is 17.7 Å². The van der Waals surface area contributed by atoms with Crippen LogP contribution in [-0.4, -0.2) is 39.6 Å². The summed E-state index contributed by atoms with van der Waals surface area (Å²) < 4.78 is 0. The predicted molar refractivity (Wildman–Crippen MR) is 107 cm³/mol. The van der Waals surface area contributed by atoms with Crippen molar-refractivity contribution in [2.45, 2.75) is 13.1 Å². The van der Waals surface area contributed by atoms with Gasteiger partial charge in [0.15, 0.2) is 0 Å². The van der Waals surface area contributed by atoms with Crippen molar-refractivity contribution in [3.8, 4) is 0 Å². The fourth-order valence-corrected chi connectivity index (χ4v) is 3.39. The average Bonchev–Trinajstić information content (AvgIpc) is 2.99. The standard InChI is InChI=1S/C23H19N3O3/c1-25(14-17-9-11-24-12-10-17)21(27)18-7-8-19-20(13-18)23(29)26(22(19)28)15-16-5-3-2-4-6-16/h2-13H,14-15H2,1H3. The lowest BCUT2D eigenvalue weighted by atomic mass is 10.0. The fraction of sp³-hybridized carbons (Fsp3) is 0.130. The molecule has 0 radical (unpaired) electrons. The lowest BCUT2D eigenvalue weighted by Crippen LogP contribution is -2.29. The molecule has 3 amide bonds. The molecule has 1 aliphatic rings. The quantitative estimate of drug-likeness (QED) is 0.633. The molecule has 1 aromatic heterocycles. The summed E-state index contributed by atoms with van der Waals surface area (Å²) >= 11 is 0. The molecule has 0 fully saturated rings. The van der Waals surface area contributed by atoms with Gasteiger partial charge in [0.25, 0.3) is 17.7 Å². The van der Waals surface area contributed by atoms with Gasteiger partial charge in [0, 0.05) is 31.5 Å². The molecule has 0 aliphatic carbocycles. The van der Waals surface area contributed by atoms with Crippen LogP contribution in [0.1, 0.15) is 42.2 Å². The van der Waals surface area contributed by atoms with E-state index in [2.05, 4.69) is 4.98 Å². The number of aromatic nitrogens is 1. The zero-order valence-electron chi connectivity index (χ0n) is 15.9. The summed E-state index contributed by atoms with van der Waals surface area (Å²) in [5, 5.41) is 0. The Bertz CT molecular complexity index is 1080. The average molecular weight is 385 g/mol. The van der Waals surface area contributed by atoms with E-state index in [1.54, 1.807) is 36.5 Å². The van der Waals surface area contributed by atoms with Crippen LogP contribution in [0.4, 0.5) is 0 Å². The second-order valence-corrected chi connectivity index (χ2v) is 6.96. The molecule has 0 saturated carbocycles. The molecule has 0 N–H and O–H groups in total. The smallest absolute Gasteiger partial charge is 0.261 e. The van der Waals surface area contributed by atoms with Crippen LogP contribution >= 0.6 is 0 Å². The van der Waals surface area contributed by atoms with Crippen molar-refractivity contribution in [2.75, 3.05) is 7.05 Å². The molecule has 2 aromatic carbocycles. The van der Waals surface area contributed by atoms with Gasteiger partial charge >= 0.3 is 0 Å². The lowest BCUT2D eigenvalue weighted by molar-refractivity contribution is 0.0642. The van der Waals surface area contributed by atoms with Gasteiger partial charge in [-0.3, -0.25) is 24.3 Å². The van der Waals surface area contributed by atoms with E-state index in [4.69, 9.17) is 0 Å². The topological polar surface area (TPSA) is 70.6 Å². The van der Waals surface area contributed by atoms with Gasteiger partial charge in [0.1, 0.15) is 0 Å². The third-order valence-corrected chi connectivity index (χ3v) is 4.92.